The number of benzene rings is 2. The molecule has 4 amide bonds. The number of fused-ring (bicyclic) bond motifs is 1. The van der Waals surface area contributed by atoms with Crippen LogP contribution in [0.1, 0.15) is 30.4 Å². The summed E-state index contributed by atoms with van der Waals surface area (Å²) in [5.41, 5.74) is 1.55. The lowest BCUT2D eigenvalue weighted by atomic mass is 10.1. The van der Waals surface area contributed by atoms with Crippen molar-refractivity contribution in [2.75, 3.05) is 17.2 Å². The predicted molar refractivity (Wildman–Crippen MR) is 109 cm³/mol. The molecular weight excluding hydrogens is 390 g/mol. The molecule has 0 fully saturated rings. The van der Waals surface area contributed by atoms with Crippen molar-refractivity contribution in [2.24, 2.45) is 0 Å². The number of carbonyl (C=O) groups is 4. The van der Waals surface area contributed by atoms with Crippen molar-refractivity contribution in [3.63, 3.8) is 0 Å². The molecule has 0 bridgehead atoms. The number of thiophene rings is 1. The van der Waals surface area contributed by atoms with Gasteiger partial charge in [0.1, 0.15) is 6.54 Å². The van der Waals surface area contributed by atoms with Gasteiger partial charge in [0, 0.05) is 11.4 Å². The minimum Gasteiger partial charge on any atom is -0.324 e. The van der Waals surface area contributed by atoms with Crippen LogP contribution in [0.3, 0.4) is 0 Å². The van der Waals surface area contributed by atoms with Crippen molar-refractivity contribution in [1.82, 2.24) is 4.90 Å². The standard InChI is InChI=1S/C21H15N3O4S/c25-18(12-24-20(27)15-7-1-2-8-16(15)21(24)28)22-13-5-3-6-14(11-13)23-19(26)17-9-4-10-29-17/h1-11H,12H2,(H,22,25)(H,23,26). The number of nitrogens with zero attached hydrogens (tertiary/aromatic N) is 1. The van der Waals surface area contributed by atoms with Gasteiger partial charge < -0.3 is 10.6 Å². The van der Waals surface area contributed by atoms with Gasteiger partial charge in [-0.05, 0) is 41.8 Å². The molecule has 2 aromatic carbocycles. The fourth-order valence-corrected chi connectivity index (χ4v) is 3.62. The van der Waals surface area contributed by atoms with E-state index in [0.717, 1.165) is 4.90 Å². The van der Waals surface area contributed by atoms with Gasteiger partial charge in [-0.2, -0.15) is 0 Å². The third-order valence-corrected chi connectivity index (χ3v) is 5.20. The highest BCUT2D eigenvalue weighted by molar-refractivity contribution is 7.12. The van der Waals surface area contributed by atoms with E-state index in [1.54, 1.807) is 60.7 Å². The lowest BCUT2D eigenvalue weighted by Crippen LogP contribution is -2.37. The van der Waals surface area contributed by atoms with E-state index in [9.17, 15) is 19.2 Å². The topological polar surface area (TPSA) is 95.6 Å². The highest BCUT2D eigenvalue weighted by Crippen LogP contribution is 2.22. The normalized spacial score (nSPS) is 12.6. The molecule has 1 aliphatic heterocycles. The summed E-state index contributed by atoms with van der Waals surface area (Å²) in [6.07, 6.45) is 0. The molecule has 1 aliphatic rings. The molecule has 0 radical (unpaired) electrons. The molecule has 2 heterocycles. The van der Waals surface area contributed by atoms with Crippen LogP contribution in [0.4, 0.5) is 11.4 Å². The van der Waals surface area contributed by atoms with Crippen LogP contribution in [0.5, 0.6) is 0 Å². The number of hydrogen-bond acceptors (Lipinski definition) is 5. The van der Waals surface area contributed by atoms with E-state index in [1.165, 1.54) is 11.3 Å². The average Bonchev–Trinajstić information content (AvgIpc) is 3.33. The second-order valence-corrected chi connectivity index (χ2v) is 7.25. The summed E-state index contributed by atoms with van der Waals surface area (Å²) in [6, 6.07) is 16.6. The maximum atomic E-state index is 12.4. The van der Waals surface area contributed by atoms with Crippen LogP contribution in [-0.4, -0.2) is 35.1 Å². The van der Waals surface area contributed by atoms with E-state index in [4.69, 9.17) is 0 Å². The predicted octanol–water partition coefficient (Wildman–Crippen LogP) is 3.24. The Morgan fingerprint density at radius 1 is 0.828 bits per heavy atom. The summed E-state index contributed by atoms with van der Waals surface area (Å²) in [4.78, 5) is 50.8. The Balaban J connectivity index is 1.41. The van der Waals surface area contributed by atoms with Crippen LogP contribution in [-0.2, 0) is 4.79 Å². The van der Waals surface area contributed by atoms with Gasteiger partial charge in [0.15, 0.2) is 0 Å². The first kappa shape index (κ1) is 18.6. The minimum atomic E-state index is -0.513. The maximum Gasteiger partial charge on any atom is 0.265 e. The first-order valence-corrected chi connectivity index (χ1v) is 9.61. The molecule has 4 rings (SSSR count). The van der Waals surface area contributed by atoms with E-state index in [2.05, 4.69) is 10.6 Å². The Morgan fingerprint density at radius 2 is 1.48 bits per heavy atom. The van der Waals surface area contributed by atoms with Crippen LogP contribution in [0.2, 0.25) is 0 Å². The maximum absolute atomic E-state index is 12.4. The zero-order chi connectivity index (χ0) is 20.4. The largest absolute Gasteiger partial charge is 0.324 e. The Kier molecular flexibility index (Phi) is 4.92. The van der Waals surface area contributed by atoms with E-state index >= 15 is 0 Å². The number of amides is 4. The van der Waals surface area contributed by atoms with Crippen LogP contribution >= 0.6 is 11.3 Å². The van der Waals surface area contributed by atoms with Crippen molar-refractivity contribution >= 4 is 46.3 Å². The second-order valence-electron chi connectivity index (χ2n) is 6.30. The van der Waals surface area contributed by atoms with E-state index in [-0.39, 0.29) is 5.91 Å². The van der Waals surface area contributed by atoms with Gasteiger partial charge in [-0.15, -0.1) is 11.3 Å². The molecule has 1 aromatic heterocycles. The lowest BCUT2D eigenvalue weighted by molar-refractivity contribution is -0.116. The van der Waals surface area contributed by atoms with Gasteiger partial charge in [-0.25, -0.2) is 0 Å². The molecule has 3 aromatic rings. The van der Waals surface area contributed by atoms with Gasteiger partial charge in [0.25, 0.3) is 17.7 Å². The Morgan fingerprint density at radius 3 is 2.10 bits per heavy atom. The van der Waals surface area contributed by atoms with E-state index in [1.807, 2.05) is 5.38 Å². The van der Waals surface area contributed by atoms with Crippen LogP contribution in [0.25, 0.3) is 0 Å². The number of nitrogens with one attached hydrogen (secondary N) is 2. The van der Waals surface area contributed by atoms with Crippen molar-refractivity contribution in [3.8, 4) is 0 Å². The van der Waals surface area contributed by atoms with Crippen molar-refractivity contribution in [2.45, 2.75) is 0 Å². The summed E-state index contributed by atoms with van der Waals surface area (Å²) in [5, 5.41) is 7.22. The Labute approximate surface area is 170 Å². The molecule has 2 N–H and O–H groups in total. The zero-order valence-electron chi connectivity index (χ0n) is 15.0. The molecule has 0 aliphatic carbocycles. The molecule has 0 spiro atoms. The summed E-state index contributed by atoms with van der Waals surface area (Å²) in [7, 11) is 0. The molecule has 8 heteroatoms. The van der Waals surface area contributed by atoms with Crippen molar-refractivity contribution < 1.29 is 19.2 Å². The molecule has 144 valence electrons. The third-order valence-electron chi connectivity index (χ3n) is 4.33. The fourth-order valence-electron chi connectivity index (χ4n) is 3.00. The number of carbonyl (C=O) groups excluding carboxylic acids is 4. The summed E-state index contributed by atoms with van der Waals surface area (Å²) in [6.45, 7) is -0.391. The number of rotatable bonds is 5. The smallest absolute Gasteiger partial charge is 0.265 e. The zero-order valence-corrected chi connectivity index (χ0v) is 15.9. The molecule has 29 heavy (non-hydrogen) atoms. The molecule has 7 nitrogen and oxygen atoms in total. The first-order chi connectivity index (χ1) is 14.0. The van der Waals surface area contributed by atoms with E-state index < -0.39 is 24.3 Å². The van der Waals surface area contributed by atoms with Gasteiger partial charge >= 0.3 is 0 Å². The highest BCUT2D eigenvalue weighted by atomic mass is 32.1. The second kappa shape index (κ2) is 7.69. The summed E-state index contributed by atoms with van der Waals surface area (Å²) >= 11 is 1.33. The van der Waals surface area contributed by atoms with Crippen molar-refractivity contribution in [3.05, 3.63) is 82.0 Å². The Hall–Kier alpha value is -3.78. The van der Waals surface area contributed by atoms with Gasteiger partial charge in [0.2, 0.25) is 5.91 Å². The minimum absolute atomic E-state index is 0.241. The molecular formula is C21H15N3O4S. The highest BCUT2D eigenvalue weighted by Gasteiger charge is 2.36. The number of anilines is 2. The quantitative estimate of drug-likeness (QED) is 0.637. The fraction of sp³-hybridized carbons (Fsp3) is 0.0476. The van der Waals surface area contributed by atoms with Crippen molar-refractivity contribution in [1.29, 1.82) is 0 Å². The summed E-state index contributed by atoms with van der Waals surface area (Å²) in [5.74, 6) is -1.73. The SMILES string of the molecule is O=C(CN1C(=O)c2ccccc2C1=O)Nc1cccc(NC(=O)c2cccs2)c1. The monoisotopic (exact) mass is 405 g/mol. The Bertz CT molecular complexity index is 1090. The molecule has 0 unspecified atom stereocenters. The van der Waals surface area contributed by atoms with Gasteiger partial charge in [0.05, 0.1) is 16.0 Å². The summed E-state index contributed by atoms with van der Waals surface area (Å²) < 4.78 is 0. The third kappa shape index (κ3) is 3.78. The number of imide groups is 1. The molecule has 0 saturated carbocycles. The van der Waals surface area contributed by atoms with Crippen LogP contribution < -0.4 is 10.6 Å². The van der Waals surface area contributed by atoms with Crippen LogP contribution in [0, 0.1) is 0 Å². The molecule has 0 saturated heterocycles. The average molecular weight is 405 g/mol. The number of hydrogen-bond donors (Lipinski definition) is 2. The molecule has 0 atom stereocenters. The van der Waals surface area contributed by atoms with Crippen LogP contribution in [0.15, 0.2) is 66.0 Å². The lowest BCUT2D eigenvalue weighted by Gasteiger charge is -2.14. The van der Waals surface area contributed by atoms with E-state index in [0.29, 0.717) is 27.4 Å². The van der Waals surface area contributed by atoms with Gasteiger partial charge in [-0.3, -0.25) is 24.1 Å². The first-order valence-electron chi connectivity index (χ1n) is 8.73. The van der Waals surface area contributed by atoms with Gasteiger partial charge in [-0.1, -0.05) is 24.3 Å².